The minimum atomic E-state index is -0.773. The van der Waals surface area contributed by atoms with Crippen molar-refractivity contribution in [1.82, 2.24) is 4.90 Å². The fourth-order valence-electron chi connectivity index (χ4n) is 1.67. The molecular weight excluding hydrogens is 268 g/mol. The van der Waals surface area contributed by atoms with E-state index in [1.807, 2.05) is 13.0 Å². The number of aliphatic hydroxyl groups excluding tert-OH is 1. The Morgan fingerprint density at radius 2 is 2.00 bits per heavy atom. The molecular formula is C13H17ClN2O3. The van der Waals surface area contributed by atoms with E-state index in [-0.39, 0.29) is 13.2 Å². The van der Waals surface area contributed by atoms with Gasteiger partial charge in [0.2, 0.25) is 0 Å². The van der Waals surface area contributed by atoms with E-state index in [0.717, 1.165) is 16.0 Å². The number of carbonyl (C=O) groups excluding carboxylic acids is 2. The van der Waals surface area contributed by atoms with Crippen LogP contribution in [0.15, 0.2) is 12.1 Å². The van der Waals surface area contributed by atoms with Crippen molar-refractivity contribution < 1.29 is 14.7 Å². The summed E-state index contributed by atoms with van der Waals surface area (Å²) < 4.78 is 0. The Labute approximate surface area is 117 Å². The second kappa shape index (κ2) is 6.54. The van der Waals surface area contributed by atoms with Crippen LogP contribution in [0.25, 0.3) is 0 Å². The van der Waals surface area contributed by atoms with Crippen molar-refractivity contribution in [3.8, 4) is 0 Å². The SMILES string of the molecule is Cc1cc(C)c(NC(=O)C(=O)N(C)CCO)c(Cl)c1. The standard InChI is InChI=1S/C13H17ClN2O3/c1-8-6-9(2)11(10(14)7-8)15-12(18)13(19)16(3)4-5-17/h6-7,17H,4-5H2,1-3H3,(H,15,18). The Morgan fingerprint density at radius 1 is 1.37 bits per heavy atom. The molecule has 0 bridgehead atoms. The lowest BCUT2D eigenvalue weighted by atomic mass is 10.1. The zero-order valence-electron chi connectivity index (χ0n) is 11.2. The molecule has 0 aliphatic heterocycles. The maximum absolute atomic E-state index is 11.8. The summed E-state index contributed by atoms with van der Waals surface area (Å²) >= 11 is 6.04. The third-order valence-electron chi connectivity index (χ3n) is 2.65. The molecule has 0 atom stereocenters. The van der Waals surface area contributed by atoms with E-state index in [0.29, 0.717) is 10.7 Å². The largest absolute Gasteiger partial charge is 0.395 e. The maximum Gasteiger partial charge on any atom is 0.313 e. The second-order valence-electron chi connectivity index (χ2n) is 4.34. The van der Waals surface area contributed by atoms with Gasteiger partial charge < -0.3 is 15.3 Å². The fraction of sp³-hybridized carbons (Fsp3) is 0.385. The summed E-state index contributed by atoms with van der Waals surface area (Å²) in [7, 11) is 1.45. The Morgan fingerprint density at radius 3 is 2.53 bits per heavy atom. The van der Waals surface area contributed by atoms with Gasteiger partial charge in [0.15, 0.2) is 0 Å². The van der Waals surface area contributed by atoms with Crippen LogP contribution in [0.4, 0.5) is 5.69 Å². The Bertz CT molecular complexity index is 480. The van der Waals surface area contributed by atoms with Crippen LogP contribution in [-0.2, 0) is 9.59 Å². The molecule has 0 saturated heterocycles. The number of aliphatic hydroxyl groups is 1. The number of hydrogen-bond donors (Lipinski definition) is 2. The molecule has 2 N–H and O–H groups in total. The topological polar surface area (TPSA) is 69.6 Å². The summed E-state index contributed by atoms with van der Waals surface area (Å²) in [6.07, 6.45) is 0. The quantitative estimate of drug-likeness (QED) is 0.823. The van der Waals surface area contributed by atoms with Crippen LogP contribution < -0.4 is 5.32 Å². The molecule has 0 aromatic heterocycles. The van der Waals surface area contributed by atoms with Gasteiger partial charge in [0.05, 0.1) is 17.3 Å². The number of amides is 2. The molecule has 0 heterocycles. The molecule has 104 valence electrons. The average Bonchev–Trinajstić information content (AvgIpc) is 2.32. The molecule has 0 aliphatic carbocycles. The van der Waals surface area contributed by atoms with Gasteiger partial charge in [-0.15, -0.1) is 0 Å². The van der Waals surface area contributed by atoms with E-state index in [1.165, 1.54) is 7.05 Å². The number of anilines is 1. The second-order valence-corrected chi connectivity index (χ2v) is 4.75. The highest BCUT2D eigenvalue weighted by Gasteiger charge is 2.20. The van der Waals surface area contributed by atoms with Crippen LogP contribution in [0, 0.1) is 13.8 Å². The monoisotopic (exact) mass is 284 g/mol. The first-order chi connectivity index (χ1) is 8.86. The van der Waals surface area contributed by atoms with Crippen LogP contribution in [-0.4, -0.2) is 42.0 Å². The van der Waals surface area contributed by atoms with Gasteiger partial charge in [-0.1, -0.05) is 17.7 Å². The molecule has 0 radical (unpaired) electrons. The number of nitrogens with one attached hydrogen (secondary N) is 1. The highest BCUT2D eigenvalue weighted by atomic mass is 35.5. The predicted molar refractivity (Wildman–Crippen MR) is 74.3 cm³/mol. The number of rotatable bonds is 3. The number of halogens is 1. The zero-order chi connectivity index (χ0) is 14.6. The van der Waals surface area contributed by atoms with Gasteiger partial charge in [0, 0.05) is 13.6 Å². The molecule has 0 fully saturated rings. The Hall–Kier alpha value is -1.59. The third-order valence-corrected chi connectivity index (χ3v) is 2.94. The summed E-state index contributed by atoms with van der Waals surface area (Å²) in [6, 6.07) is 3.58. The molecule has 0 unspecified atom stereocenters. The fourth-order valence-corrected chi connectivity index (χ4v) is 2.03. The van der Waals surface area contributed by atoms with Crippen molar-refractivity contribution in [2.75, 3.05) is 25.5 Å². The van der Waals surface area contributed by atoms with Gasteiger partial charge in [-0.2, -0.15) is 0 Å². The molecule has 1 rings (SSSR count). The van der Waals surface area contributed by atoms with E-state index in [1.54, 1.807) is 13.0 Å². The lowest BCUT2D eigenvalue weighted by Crippen LogP contribution is -2.38. The van der Waals surface area contributed by atoms with Crippen LogP contribution >= 0.6 is 11.6 Å². The van der Waals surface area contributed by atoms with Gasteiger partial charge in [-0.05, 0) is 31.0 Å². The summed E-state index contributed by atoms with van der Waals surface area (Å²) in [6.45, 7) is 3.60. The molecule has 2 amide bonds. The van der Waals surface area contributed by atoms with Crippen LogP contribution in [0.1, 0.15) is 11.1 Å². The van der Waals surface area contributed by atoms with Gasteiger partial charge >= 0.3 is 11.8 Å². The molecule has 0 saturated carbocycles. The van der Waals surface area contributed by atoms with Crippen molar-refractivity contribution in [2.24, 2.45) is 0 Å². The van der Waals surface area contributed by atoms with Crippen LogP contribution in [0.2, 0.25) is 5.02 Å². The molecule has 0 spiro atoms. The number of nitrogens with zero attached hydrogens (tertiary/aromatic N) is 1. The van der Waals surface area contributed by atoms with Crippen LogP contribution in [0.5, 0.6) is 0 Å². The lowest BCUT2D eigenvalue weighted by Gasteiger charge is -2.16. The highest BCUT2D eigenvalue weighted by molar-refractivity contribution is 6.41. The number of carbonyl (C=O) groups is 2. The van der Waals surface area contributed by atoms with E-state index >= 15 is 0 Å². The van der Waals surface area contributed by atoms with Gasteiger partial charge in [-0.25, -0.2) is 0 Å². The van der Waals surface area contributed by atoms with E-state index in [9.17, 15) is 9.59 Å². The van der Waals surface area contributed by atoms with Crippen molar-refractivity contribution in [3.05, 3.63) is 28.3 Å². The number of benzene rings is 1. The van der Waals surface area contributed by atoms with Gasteiger partial charge in [0.1, 0.15) is 0 Å². The third kappa shape index (κ3) is 3.94. The van der Waals surface area contributed by atoms with Gasteiger partial charge in [0.25, 0.3) is 0 Å². The number of hydrogen-bond acceptors (Lipinski definition) is 3. The first-order valence-electron chi connectivity index (χ1n) is 5.81. The lowest BCUT2D eigenvalue weighted by molar-refractivity contribution is -0.142. The molecule has 19 heavy (non-hydrogen) atoms. The molecule has 1 aromatic rings. The zero-order valence-corrected chi connectivity index (χ0v) is 11.9. The van der Waals surface area contributed by atoms with E-state index in [2.05, 4.69) is 5.32 Å². The van der Waals surface area contributed by atoms with Gasteiger partial charge in [-0.3, -0.25) is 9.59 Å². The first kappa shape index (κ1) is 15.5. The van der Waals surface area contributed by atoms with Crippen molar-refractivity contribution in [1.29, 1.82) is 0 Å². The Balaban J connectivity index is 2.86. The summed E-state index contributed by atoms with van der Waals surface area (Å²) in [5.41, 5.74) is 2.20. The summed E-state index contributed by atoms with van der Waals surface area (Å²) in [5, 5.41) is 11.6. The number of aryl methyl sites for hydroxylation is 2. The van der Waals surface area contributed by atoms with Crippen molar-refractivity contribution in [3.63, 3.8) is 0 Å². The first-order valence-corrected chi connectivity index (χ1v) is 6.18. The Kier molecular flexibility index (Phi) is 5.32. The minimum Gasteiger partial charge on any atom is -0.395 e. The minimum absolute atomic E-state index is 0.104. The average molecular weight is 285 g/mol. The molecule has 6 heteroatoms. The smallest absolute Gasteiger partial charge is 0.313 e. The predicted octanol–water partition coefficient (Wildman–Crippen LogP) is 1.35. The molecule has 5 nitrogen and oxygen atoms in total. The van der Waals surface area contributed by atoms with E-state index in [4.69, 9.17) is 16.7 Å². The highest BCUT2D eigenvalue weighted by Crippen LogP contribution is 2.27. The molecule has 1 aromatic carbocycles. The molecule has 0 aliphatic rings. The van der Waals surface area contributed by atoms with Crippen LogP contribution in [0.3, 0.4) is 0 Å². The van der Waals surface area contributed by atoms with Crippen molar-refractivity contribution >= 4 is 29.1 Å². The normalized spacial score (nSPS) is 10.2. The van der Waals surface area contributed by atoms with E-state index < -0.39 is 11.8 Å². The summed E-state index contributed by atoms with van der Waals surface area (Å²) in [4.78, 5) is 24.6. The van der Waals surface area contributed by atoms with Crippen molar-refractivity contribution in [2.45, 2.75) is 13.8 Å². The number of likely N-dealkylation sites (N-methyl/N-ethyl adjacent to an activating group) is 1. The summed E-state index contributed by atoms with van der Waals surface area (Å²) in [5.74, 6) is -1.49. The maximum atomic E-state index is 11.8.